The van der Waals surface area contributed by atoms with Crippen LogP contribution in [-0.4, -0.2) is 94.4 Å². The van der Waals surface area contributed by atoms with Crippen molar-refractivity contribution in [2.75, 3.05) is 32.8 Å². The zero-order valence-electron chi connectivity index (χ0n) is 26.5. The van der Waals surface area contributed by atoms with Crippen LogP contribution in [-0.2, 0) is 27.3 Å². The molecule has 46 heavy (non-hydrogen) atoms. The predicted molar refractivity (Wildman–Crippen MR) is 176 cm³/mol. The summed E-state index contributed by atoms with van der Waals surface area (Å²) >= 11 is 4.62. The Bertz CT molecular complexity index is 1410. The van der Waals surface area contributed by atoms with Crippen molar-refractivity contribution < 1.29 is 29.0 Å². The Morgan fingerprint density at radius 1 is 1.11 bits per heavy atom. The number of likely N-dealkylation sites (tertiary alicyclic amines) is 1. The fourth-order valence-corrected chi connectivity index (χ4v) is 6.70. The molecule has 0 saturated carbocycles. The molecule has 0 radical (unpaired) electrons. The maximum Gasteiger partial charge on any atom is 0.318 e. The van der Waals surface area contributed by atoms with Crippen molar-refractivity contribution in [3.05, 3.63) is 65.2 Å². The van der Waals surface area contributed by atoms with Crippen LogP contribution in [0.4, 0.5) is 4.79 Å². The lowest BCUT2D eigenvalue weighted by atomic mass is 9.94. The highest BCUT2D eigenvalue weighted by Crippen LogP contribution is 2.25. The van der Waals surface area contributed by atoms with Gasteiger partial charge in [0.1, 0.15) is 23.1 Å². The highest BCUT2D eigenvalue weighted by atomic mass is 32.1. The number of rotatable bonds is 4. The number of aryl methyl sites for hydroxylation is 2. The van der Waals surface area contributed by atoms with Crippen molar-refractivity contribution in [2.24, 2.45) is 5.92 Å². The highest BCUT2D eigenvalue weighted by molar-refractivity contribution is 7.82. The molecule has 3 heterocycles. The maximum absolute atomic E-state index is 14.0. The van der Waals surface area contributed by atoms with E-state index in [0.717, 1.165) is 36.0 Å². The molecule has 0 spiro atoms. The first kappa shape index (κ1) is 33.6. The van der Waals surface area contributed by atoms with Crippen molar-refractivity contribution in [1.29, 1.82) is 0 Å². The van der Waals surface area contributed by atoms with Gasteiger partial charge < -0.3 is 35.6 Å². The van der Waals surface area contributed by atoms with Crippen molar-refractivity contribution >= 4 is 36.4 Å². The lowest BCUT2D eigenvalue weighted by molar-refractivity contribution is -0.136. The number of carbonyl (C=O) groups is 4. The molecule has 2 unspecified atom stereocenters. The van der Waals surface area contributed by atoms with E-state index in [1.807, 2.05) is 55.5 Å². The number of urea groups is 1. The molecule has 248 valence electrons. The second kappa shape index (κ2) is 14.8. The Morgan fingerprint density at radius 3 is 2.61 bits per heavy atom. The minimum Gasteiger partial charge on any atom is -0.494 e. The number of nitrogens with one attached hydrogen (secondary N) is 3. The summed E-state index contributed by atoms with van der Waals surface area (Å²) < 4.78 is 6.09. The van der Waals surface area contributed by atoms with Gasteiger partial charge in [-0.15, -0.1) is 0 Å². The lowest BCUT2D eigenvalue weighted by Crippen LogP contribution is -2.67. The molecule has 4 bridgehead atoms. The summed E-state index contributed by atoms with van der Waals surface area (Å²) in [6.45, 7) is 5.52. The van der Waals surface area contributed by atoms with Gasteiger partial charge in [0, 0.05) is 19.6 Å². The highest BCUT2D eigenvalue weighted by Gasteiger charge is 2.43. The van der Waals surface area contributed by atoms with Gasteiger partial charge in [0.25, 0.3) is 0 Å². The van der Waals surface area contributed by atoms with Gasteiger partial charge in [0.15, 0.2) is 0 Å². The zero-order chi connectivity index (χ0) is 32.8. The van der Waals surface area contributed by atoms with E-state index in [2.05, 4.69) is 28.6 Å². The Kier molecular flexibility index (Phi) is 10.8. The van der Waals surface area contributed by atoms with Gasteiger partial charge >= 0.3 is 6.03 Å². The minimum atomic E-state index is -1.36. The largest absolute Gasteiger partial charge is 0.494 e. The van der Waals surface area contributed by atoms with Crippen LogP contribution in [0.15, 0.2) is 48.5 Å². The minimum absolute atomic E-state index is 0.0942. The standard InChI is InChI=1S/C34H45N5O6S/c1-22-10-12-26-17-25(22)18-35-30(40)27(13-11-23-7-4-3-5-8-23)36-31(41)28(37-33(43)39-20-34(2,44)21-39)29(46)32(42)38-15-6-9-24(19-38)14-16-45-26/h3-5,7-8,10,12,17,24,27-29,44,46H,6,9,11,13-16,18-21H2,1-2H3,(H,35,40)(H,36,41)(H,37,43)/t24?,27-,28-,29?/m0/s1. The van der Waals surface area contributed by atoms with Crippen LogP contribution >= 0.6 is 12.6 Å². The first-order chi connectivity index (χ1) is 22.0. The number of carbonyl (C=O) groups excluding carboxylic acids is 4. The molecular formula is C34H45N5O6S. The van der Waals surface area contributed by atoms with Crippen molar-refractivity contribution in [2.45, 2.75) is 75.4 Å². The molecule has 2 aromatic rings. The van der Waals surface area contributed by atoms with Crippen LogP contribution in [0.5, 0.6) is 5.75 Å². The summed E-state index contributed by atoms with van der Waals surface area (Å²) in [5.41, 5.74) is 1.89. The fraction of sp³-hybridized carbons (Fsp3) is 0.529. The summed E-state index contributed by atoms with van der Waals surface area (Å²) in [6.07, 6.45) is 3.31. The average molecular weight is 652 g/mol. The van der Waals surface area contributed by atoms with E-state index in [-0.39, 0.29) is 37.4 Å². The number of nitrogens with zero attached hydrogens (tertiary/aromatic N) is 2. The fourth-order valence-electron chi connectivity index (χ4n) is 6.33. The first-order valence-corrected chi connectivity index (χ1v) is 16.6. The van der Waals surface area contributed by atoms with Crippen LogP contribution in [0.25, 0.3) is 0 Å². The quantitative estimate of drug-likeness (QED) is 0.321. The van der Waals surface area contributed by atoms with Crippen LogP contribution in [0.1, 0.15) is 49.3 Å². The molecule has 11 nitrogen and oxygen atoms in total. The number of hydrogen-bond donors (Lipinski definition) is 5. The van der Waals surface area contributed by atoms with Crippen molar-refractivity contribution in [1.82, 2.24) is 25.8 Å². The molecule has 2 fully saturated rings. The maximum atomic E-state index is 14.0. The number of piperidine rings is 1. The summed E-state index contributed by atoms with van der Waals surface area (Å²) in [6, 6.07) is 12.5. The van der Waals surface area contributed by atoms with Crippen LogP contribution < -0.4 is 20.7 Å². The number of benzene rings is 2. The molecule has 4 N–H and O–H groups in total. The third-order valence-corrected chi connectivity index (χ3v) is 9.60. The molecule has 0 aliphatic carbocycles. The predicted octanol–water partition coefficient (Wildman–Crippen LogP) is 2.19. The van der Waals surface area contributed by atoms with E-state index in [4.69, 9.17) is 4.74 Å². The molecule has 2 saturated heterocycles. The first-order valence-electron chi connectivity index (χ1n) is 16.1. The average Bonchev–Trinajstić information content (AvgIpc) is 3.03. The van der Waals surface area contributed by atoms with Crippen molar-refractivity contribution in [3.63, 3.8) is 0 Å². The summed E-state index contributed by atoms with van der Waals surface area (Å²) in [4.78, 5) is 57.7. The smallest absolute Gasteiger partial charge is 0.318 e. The molecule has 12 heteroatoms. The second-order valence-corrected chi connectivity index (χ2v) is 13.6. The van der Waals surface area contributed by atoms with E-state index in [0.29, 0.717) is 38.3 Å². The SMILES string of the molecule is Cc1ccc2cc1CNC(=O)[C@H](CCc1ccccc1)NC(=O)[C@@H](NC(=O)N1CC(C)(O)C1)C(S)C(=O)N1CCCC(CCO2)C1. The molecule has 4 atom stereocenters. The van der Waals surface area contributed by atoms with E-state index in [1.165, 1.54) is 4.90 Å². The van der Waals surface area contributed by atoms with Gasteiger partial charge in [-0.1, -0.05) is 36.4 Å². The van der Waals surface area contributed by atoms with Crippen LogP contribution in [0, 0.1) is 12.8 Å². The molecule has 3 aliphatic rings. The molecule has 5 amide bonds. The third kappa shape index (κ3) is 8.52. The topological polar surface area (TPSA) is 140 Å². The zero-order valence-corrected chi connectivity index (χ0v) is 27.4. The monoisotopic (exact) mass is 651 g/mol. The number of thiol groups is 1. The Labute approximate surface area is 275 Å². The normalized spacial score (nSPS) is 25.6. The number of aliphatic hydroxyl groups is 1. The summed E-state index contributed by atoms with van der Waals surface area (Å²) in [5.74, 6) is -0.496. The number of β-amino-alcohol motifs (C(OH)–C–C–N with tert-alkyl or cyclic N) is 1. The summed E-state index contributed by atoms with van der Waals surface area (Å²) in [5, 5.41) is 17.5. The lowest BCUT2D eigenvalue weighted by Gasteiger charge is -2.44. The number of ether oxygens (including phenoxy) is 1. The second-order valence-electron chi connectivity index (χ2n) is 13.0. The van der Waals surface area contributed by atoms with Crippen LogP contribution in [0.3, 0.4) is 0 Å². The van der Waals surface area contributed by atoms with Gasteiger partial charge in [-0.2, -0.15) is 12.6 Å². The Balaban J connectivity index is 1.42. The molecule has 5 rings (SSSR count). The van der Waals surface area contributed by atoms with Crippen molar-refractivity contribution in [3.8, 4) is 5.75 Å². The summed E-state index contributed by atoms with van der Waals surface area (Å²) in [7, 11) is 0. The molecule has 2 aromatic carbocycles. The van der Waals surface area contributed by atoms with Gasteiger partial charge in [0.05, 0.1) is 25.3 Å². The Hall–Kier alpha value is -3.77. The van der Waals surface area contributed by atoms with Gasteiger partial charge in [-0.3, -0.25) is 14.4 Å². The molecule has 0 aromatic heterocycles. The van der Waals surface area contributed by atoms with E-state index in [9.17, 15) is 24.3 Å². The van der Waals surface area contributed by atoms with Gasteiger partial charge in [0.2, 0.25) is 17.7 Å². The van der Waals surface area contributed by atoms with Gasteiger partial charge in [-0.25, -0.2) is 4.79 Å². The molecule has 3 aliphatic heterocycles. The van der Waals surface area contributed by atoms with Crippen LogP contribution in [0.2, 0.25) is 0 Å². The van der Waals surface area contributed by atoms with E-state index < -0.39 is 34.9 Å². The number of fused-ring (bicyclic) bond motifs is 4. The Morgan fingerprint density at radius 2 is 1.87 bits per heavy atom. The number of amides is 5. The number of hydrogen-bond acceptors (Lipinski definition) is 7. The van der Waals surface area contributed by atoms with Gasteiger partial charge in [-0.05, 0) is 80.7 Å². The third-order valence-electron chi connectivity index (χ3n) is 9.08. The van der Waals surface area contributed by atoms with E-state index in [1.54, 1.807) is 11.8 Å². The molecular weight excluding hydrogens is 606 g/mol. The van der Waals surface area contributed by atoms with E-state index >= 15 is 0 Å².